The molecule has 0 radical (unpaired) electrons. The second-order valence-electron chi connectivity index (χ2n) is 4.23. The third-order valence-electron chi connectivity index (χ3n) is 2.84. The maximum atomic E-state index is 12.2. The van der Waals surface area contributed by atoms with Gasteiger partial charge >= 0.3 is 0 Å². The third-order valence-corrected chi connectivity index (χ3v) is 2.84. The van der Waals surface area contributed by atoms with Gasteiger partial charge < -0.3 is 10.2 Å². The lowest BCUT2D eigenvalue weighted by atomic mass is 10.1. The number of nitrogens with one attached hydrogen (secondary N) is 1. The molecule has 0 bridgehead atoms. The third kappa shape index (κ3) is 4.69. The highest BCUT2D eigenvalue weighted by atomic mass is 16.2. The van der Waals surface area contributed by atoms with Crippen molar-refractivity contribution in [2.45, 2.75) is 26.2 Å². The topological polar surface area (TPSA) is 44.7 Å². The molecule has 1 rings (SSSR count). The van der Waals surface area contributed by atoms with E-state index in [0.717, 1.165) is 51.0 Å². The van der Waals surface area contributed by atoms with Crippen LogP contribution in [0.15, 0.2) is 16.6 Å². The number of carbonyl (C=O) groups excluding carboxylic acids is 1. The van der Waals surface area contributed by atoms with Crippen molar-refractivity contribution in [3.8, 4) is 0 Å². The molecule has 1 heterocycles. The molecule has 0 atom stereocenters. The number of allylic oxidation sites excluding steroid dienone is 1. The van der Waals surface area contributed by atoms with Crippen LogP contribution in [-0.4, -0.2) is 50.2 Å². The van der Waals surface area contributed by atoms with Gasteiger partial charge in [0, 0.05) is 39.4 Å². The summed E-state index contributed by atoms with van der Waals surface area (Å²) in [6.45, 7) is 5.51. The summed E-state index contributed by atoms with van der Waals surface area (Å²) < 4.78 is 0. The van der Waals surface area contributed by atoms with Crippen molar-refractivity contribution in [2.24, 2.45) is 4.99 Å². The first-order valence-electron chi connectivity index (χ1n) is 6.42. The Hall–Kier alpha value is -1.16. The molecule has 0 unspecified atom stereocenters. The van der Waals surface area contributed by atoms with Gasteiger partial charge in [-0.15, -0.1) is 0 Å². The summed E-state index contributed by atoms with van der Waals surface area (Å²) in [5.41, 5.74) is 0.739. The fourth-order valence-corrected chi connectivity index (χ4v) is 1.85. The molecule has 0 spiro atoms. The van der Waals surface area contributed by atoms with Gasteiger partial charge in [0.1, 0.15) is 0 Å². The molecule has 0 aromatic rings. The fourth-order valence-electron chi connectivity index (χ4n) is 1.85. The van der Waals surface area contributed by atoms with E-state index >= 15 is 0 Å². The van der Waals surface area contributed by atoms with Crippen molar-refractivity contribution in [3.63, 3.8) is 0 Å². The zero-order chi connectivity index (χ0) is 12.5. The summed E-state index contributed by atoms with van der Waals surface area (Å²) in [5.74, 6) is 0.119. The van der Waals surface area contributed by atoms with E-state index in [1.807, 2.05) is 11.0 Å². The van der Waals surface area contributed by atoms with Gasteiger partial charge in [0.25, 0.3) is 5.91 Å². The highest BCUT2D eigenvalue weighted by molar-refractivity contribution is 6.12. The van der Waals surface area contributed by atoms with Gasteiger partial charge in [-0.1, -0.05) is 25.8 Å². The molecular weight excluding hydrogens is 214 g/mol. The Labute approximate surface area is 104 Å². The van der Waals surface area contributed by atoms with Crippen LogP contribution in [0.25, 0.3) is 0 Å². The molecule has 17 heavy (non-hydrogen) atoms. The fraction of sp³-hybridized carbons (Fsp3) is 0.692. The Bertz CT molecular complexity index is 291. The number of aliphatic imine (C=N–C) groups is 1. The van der Waals surface area contributed by atoms with Crippen molar-refractivity contribution >= 4 is 12.1 Å². The van der Waals surface area contributed by atoms with Crippen LogP contribution in [-0.2, 0) is 4.79 Å². The molecule has 0 saturated carbocycles. The molecule has 0 aromatic heterocycles. The molecule has 1 aliphatic heterocycles. The molecule has 96 valence electrons. The van der Waals surface area contributed by atoms with E-state index < -0.39 is 0 Å². The smallest absolute Gasteiger partial charge is 0.255 e. The zero-order valence-electron chi connectivity index (χ0n) is 10.9. The van der Waals surface area contributed by atoms with Crippen molar-refractivity contribution < 1.29 is 4.79 Å². The molecule has 4 nitrogen and oxygen atoms in total. The largest absolute Gasteiger partial charge is 0.336 e. The Morgan fingerprint density at radius 1 is 1.41 bits per heavy atom. The van der Waals surface area contributed by atoms with Crippen molar-refractivity contribution in [2.75, 3.05) is 33.2 Å². The van der Waals surface area contributed by atoms with Crippen LogP contribution in [0.2, 0.25) is 0 Å². The van der Waals surface area contributed by atoms with Crippen LogP contribution in [0.4, 0.5) is 0 Å². The van der Waals surface area contributed by atoms with Crippen LogP contribution in [0.3, 0.4) is 0 Å². The van der Waals surface area contributed by atoms with E-state index in [-0.39, 0.29) is 5.91 Å². The quantitative estimate of drug-likeness (QED) is 0.444. The Morgan fingerprint density at radius 2 is 2.12 bits per heavy atom. The monoisotopic (exact) mass is 237 g/mol. The lowest BCUT2D eigenvalue weighted by Gasteiger charge is -2.27. The normalized spacial score (nSPS) is 17.8. The molecule has 1 fully saturated rings. The molecule has 4 heteroatoms. The number of carbonyl (C=O) groups is 1. The van der Waals surface area contributed by atoms with E-state index in [1.165, 1.54) is 0 Å². The van der Waals surface area contributed by atoms with Crippen LogP contribution in [0.5, 0.6) is 0 Å². The first-order valence-corrected chi connectivity index (χ1v) is 6.42. The Balaban J connectivity index is 2.61. The van der Waals surface area contributed by atoms with Gasteiger partial charge in [-0.3, -0.25) is 9.79 Å². The SMILES string of the molecule is CCCC/C=C(\C=N/C)C(=O)N1CCNCC1. The molecule has 1 amide bonds. The summed E-state index contributed by atoms with van der Waals surface area (Å²) in [5, 5.41) is 3.25. The summed E-state index contributed by atoms with van der Waals surface area (Å²) in [6, 6.07) is 0. The molecule has 1 N–H and O–H groups in total. The number of nitrogens with zero attached hydrogens (tertiary/aromatic N) is 2. The van der Waals surface area contributed by atoms with Crippen molar-refractivity contribution in [1.29, 1.82) is 0 Å². The molecule has 0 aliphatic carbocycles. The van der Waals surface area contributed by atoms with Gasteiger partial charge in [0.15, 0.2) is 0 Å². The standard InChI is InChI=1S/C13H23N3O/c1-3-4-5-6-12(11-14-2)13(17)16-9-7-15-8-10-16/h6,11,15H,3-5,7-10H2,1-2H3/b12-6+,14-11-. The molecule has 0 aromatic carbocycles. The Morgan fingerprint density at radius 3 is 2.71 bits per heavy atom. The minimum Gasteiger partial charge on any atom is -0.336 e. The number of unbranched alkanes of at least 4 members (excludes halogenated alkanes) is 2. The van der Waals surface area contributed by atoms with Gasteiger partial charge in [-0.25, -0.2) is 0 Å². The molecule has 1 aliphatic rings. The minimum atomic E-state index is 0.119. The highest BCUT2D eigenvalue weighted by Crippen LogP contribution is 2.05. The van der Waals surface area contributed by atoms with E-state index in [0.29, 0.717) is 0 Å². The maximum Gasteiger partial charge on any atom is 0.255 e. The number of hydrogen-bond acceptors (Lipinski definition) is 3. The van der Waals surface area contributed by atoms with Crippen LogP contribution in [0, 0.1) is 0 Å². The molecule has 1 saturated heterocycles. The molecular formula is C13H23N3O. The van der Waals surface area contributed by atoms with Crippen LogP contribution >= 0.6 is 0 Å². The highest BCUT2D eigenvalue weighted by Gasteiger charge is 2.18. The lowest BCUT2D eigenvalue weighted by Crippen LogP contribution is -2.47. The van der Waals surface area contributed by atoms with Crippen molar-refractivity contribution in [1.82, 2.24) is 10.2 Å². The zero-order valence-corrected chi connectivity index (χ0v) is 10.9. The van der Waals surface area contributed by atoms with Gasteiger partial charge in [0.2, 0.25) is 0 Å². The number of rotatable bonds is 5. The summed E-state index contributed by atoms with van der Waals surface area (Å²) >= 11 is 0. The van der Waals surface area contributed by atoms with E-state index in [9.17, 15) is 4.79 Å². The van der Waals surface area contributed by atoms with Crippen molar-refractivity contribution in [3.05, 3.63) is 11.6 Å². The van der Waals surface area contributed by atoms with E-state index in [2.05, 4.69) is 17.2 Å². The summed E-state index contributed by atoms with van der Waals surface area (Å²) in [4.78, 5) is 18.1. The van der Waals surface area contributed by atoms with E-state index in [4.69, 9.17) is 0 Å². The lowest BCUT2D eigenvalue weighted by molar-refractivity contribution is -0.127. The van der Waals surface area contributed by atoms with Gasteiger partial charge in [0.05, 0.1) is 5.57 Å². The second-order valence-corrected chi connectivity index (χ2v) is 4.23. The average Bonchev–Trinajstić information content (AvgIpc) is 2.38. The first kappa shape index (κ1) is 13.9. The predicted molar refractivity (Wildman–Crippen MR) is 71.5 cm³/mol. The second kappa shape index (κ2) is 8.01. The predicted octanol–water partition coefficient (Wildman–Crippen LogP) is 1.24. The summed E-state index contributed by atoms with van der Waals surface area (Å²) in [6.07, 6.45) is 6.92. The van der Waals surface area contributed by atoms with Gasteiger partial charge in [-0.2, -0.15) is 0 Å². The maximum absolute atomic E-state index is 12.2. The average molecular weight is 237 g/mol. The minimum absolute atomic E-state index is 0.119. The van der Waals surface area contributed by atoms with E-state index in [1.54, 1.807) is 13.3 Å². The first-order chi connectivity index (χ1) is 8.29. The van der Waals surface area contributed by atoms with Crippen LogP contribution < -0.4 is 5.32 Å². The van der Waals surface area contributed by atoms with Crippen LogP contribution in [0.1, 0.15) is 26.2 Å². The Kier molecular flexibility index (Phi) is 6.55. The van der Waals surface area contributed by atoms with Gasteiger partial charge in [-0.05, 0) is 6.42 Å². The summed E-state index contributed by atoms with van der Waals surface area (Å²) in [7, 11) is 1.71. The number of amides is 1. The number of hydrogen-bond donors (Lipinski definition) is 1. The number of piperazine rings is 1.